The summed E-state index contributed by atoms with van der Waals surface area (Å²) >= 11 is 0. The fraction of sp³-hybridized carbons (Fsp3) is 0.222. The fourth-order valence-corrected chi connectivity index (χ4v) is 0.908. The SMILES string of the molecule is CCO/C=C\c1ccncc1[N+](=O)[O-]. The average Bonchev–Trinajstić information content (AvgIpc) is 2.19. The Labute approximate surface area is 81.2 Å². The van der Waals surface area contributed by atoms with Crippen molar-refractivity contribution in [2.75, 3.05) is 6.61 Å². The number of ether oxygens (including phenoxy) is 1. The maximum Gasteiger partial charge on any atom is 0.294 e. The Balaban J connectivity index is 2.90. The molecule has 0 N–H and O–H groups in total. The van der Waals surface area contributed by atoms with E-state index in [1.165, 1.54) is 18.7 Å². The Kier molecular flexibility index (Phi) is 3.60. The molecule has 5 heteroatoms. The van der Waals surface area contributed by atoms with Gasteiger partial charge >= 0.3 is 0 Å². The van der Waals surface area contributed by atoms with E-state index in [1.807, 2.05) is 6.92 Å². The average molecular weight is 194 g/mol. The maximum atomic E-state index is 10.5. The van der Waals surface area contributed by atoms with E-state index in [-0.39, 0.29) is 5.69 Å². The molecule has 14 heavy (non-hydrogen) atoms. The predicted molar refractivity (Wildman–Crippen MR) is 51.6 cm³/mol. The minimum atomic E-state index is -0.474. The minimum Gasteiger partial charge on any atom is -0.501 e. The molecule has 0 saturated carbocycles. The third-order valence-electron chi connectivity index (χ3n) is 1.54. The summed E-state index contributed by atoms with van der Waals surface area (Å²) in [5, 5.41) is 10.5. The Morgan fingerprint density at radius 1 is 1.71 bits per heavy atom. The van der Waals surface area contributed by atoms with Crippen molar-refractivity contribution in [2.24, 2.45) is 0 Å². The summed E-state index contributed by atoms with van der Waals surface area (Å²) in [7, 11) is 0. The van der Waals surface area contributed by atoms with Gasteiger partial charge in [0, 0.05) is 6.20 Å². The first-order chi connectivity index (χ1) is 6.75. The van der Waals surface area contributed by atoms with Crippen molar-refractivity contribution in [3.8, 4) is 0 Å². The number of nitrogens with zero attached hydrogens (tertiary/aromatic N) is 2. The molecule has 0 aromatic carbocycles. The highest BCUT2D eigenvalue weighted by Crippen LogP contribution is 2.17. The molecule has 0 aliphatic heterocycles. The van der Waals surface area contributed by atoms with Crippen LogP contribution in [-0.4, -0.2) is 16.5 Å². The van der Waals surface area contributed by atoms with Crippen LogP contribution in [0.4, 0.5) is 5.69 Å². The lowest BCUT2D eigenvalue weighted by atomic mass is 10.2. The summed E-state index contributed by atoms with van der Waals surface area (Å²) in [5.74, 6) is 0. The Bertz CT molecular complexity index is 350. The van der Waals surface area contributed by atoms with E-state index < -0.39 is 4.92 Å². The lowest BCUT2D eigenvalue weighted by molar-refractivity contribution is -0.385. The van der Waals surface area contributed by atoms with Crippen molar-refractivity contribution in [1.29, 1.82) is 0 Å². The molecule has 0 aliphatic rings. The van der Waals surface area contributed by atoms with Crippen molar-refractivity contribution in [2.45, 2.75) is 6.92 Å². The van der Waals surface area contributed by atoms with Crippen molar-refractivity contribution < 1.29 is 9.66 Å². The zero-order valence-corrected chi connectivity index (χ0v) is 7.71. The monoisotopic (exact) mass is 194 g/mol. The highest BCUT2D eigenvalue weighted by Gasteiger charge is 2.09. The molecule has 0 atom stereocenters. The molecule has 1 aromatic heterocycles. The highest BCUT2D eigenvalue weighted by atomic mass is 16.6. The van der Waals surface area contributed by atoms with Gasteiger partial charge in [-0.2, -0.15) is 0 Å². The normalized spacial score (nSPS) is 10.4. The standard InChI is InChI=1S/C9H10N2O3/c1-2-14-6-4-8-3-5-10-7-9(8)11(12)13/h3-7H,2H2,1H3/b6-4-. The number of nitro groups is 1. The van der Waals surface area contributed by atoms with Crippen molar-refractivity contribution in [3.63, 3.8) is 0 Å². The second kappa shape index (κ2) is 4.96. The van der Waals surface area contributed by atoms with E-state index in [0.29, 0.717) is 12.2 Å². The summed E-state index contributed by atoms with van der Waals surface area (Å²) in [6.07, 6.45) is 5.69. The molecule has 1 aromatic rings. The van der Waals surface area contributed by atoms with E-state index in [0.717, 1.165) is 0 Å². The number of aromatic nitrogens is 1. The second-order valence-corrected chi connectivity index (χ2v) is 2.45. The van der Waals surface area contributed by atoms with Gasteiger partial charge in [0.15, 0.2) is 0 Å². The third kappa shape index (κ3) is 2.55. The molecular formula is C9H10N2O3. The molecule has 0 radical (unpaired) electrons. The van der Waals surface area contributed by atoms with Crippen LogP contribution in [0.25, 0.3) is 6.08 Å². The van der Waals surface area contributed by atoms with Gasteiger partial charge in [0.1, 0.15) is 6.20 Å². The molecule has 1 heterocycles. The van der Waals surface area contributed by atoms with Gasteiger partial charge in [-0.3, -0.25) is 15.1 Å². The molecule has 1 rings (SSSR count). The van der Waals surface area contributed by atoms with Gasteiger partial charge in [0.25, 0.3) is 5.69 Å². The molecular weight excluding hydrogens is 184 g/mol. The van der Waals surface area contributed by atoms with Crippen LogP contribution in [0, 0.1) is 10.1 Å². The lowest BCUT2D eigenvalue weighted by Gasteiger charge is -1.96. The molecule has 5 nitrogen and oxygen atoms in total. The Morgan fingerprint density at radius 2 is 2.50 bits per heavy atom. The molecule has 0 amide bonds. The molecule has 0 bridgehead atoms. The van der Waals surface area contributed by atoms with E-state index in [1.54, 1.807) is 12.1 Å². The van der Waals surface area contributed by atoms with Crippen molar-refractivity contribution in [3.05, 3.63) is 40.4 Å². The van der Waals surface area contributed by atoms with Gasteiger partial charge in [-0.05, 0) is 19.1 Å². The van der Waals surface area contributed by atoms with Crippen LogP contribution < -0.4 is 0 Å². The van der Waals surface area contributed by atoms with Gasteiger partial charge < -0.3 is 4.74 Å². The van der Waals surface area contributed by atoms with E-state index in [4.69, 9.17) is 4.74 Å². The minimum absolute atomic E-state index is 0.0246. The number of hydrogen-bond donors (Lipinski definition) is 0. The van der Waals surface area contributed by atoms with E-state index in [2.05, 4.69) is 4.98 Å². The van der Waals surface area contributed by atoms with E-state index in [9.17, 15) is 10.1 Å². The Hall–Kier alpha value is -1.91. The Morgan fingerprint density at radius 3 is 3.14 bits per heavy atom. The second-order valence-electron chi connectivity index (χ2n) is 2.45. The maximum absolute atomic E-state index is 10.5. The quantitative estimate of drug-likeness (QED) is 0.417. The summed E-state index contributed by atoms with van der Waals surface area (Å²) < 4.78 is 4.95. The summed E-state index contributed by atoms with van der Waals surface area (Å²) in [4.78, 5) is 13.8. The van der Waals surface area contributed by atoms with Gasteiger partial charge in [-0.25, -0.2) is 0 Å². The topological polar surface area (TPSA) is 65.3 Å². The molecule has 0 fully saturated rings. The van der Waals surface area contributed by atoms with Crippen LogP contribution >= 0.6 is 0 Å². The zero-order valence-electron chi connectivity index (χ0n) is 7.71. The largest absolute Gasteiger partial charge is 0.501 e. The summed E-state index contributed by atoms with van der Waals surface area (Å²) in [6, 6.07) is 1.56. The molecule has 0 saturated heterocycles. The third-order valence-corrected chi connectivity index (χ3v) is 1.54. The van der Waals surface area contributed by atoms with Gasteiger partial charge in [-0.1, -0.05) is 0 Å². The van der Waals surface area contributed by atoms with Crippen LogP contribution in [0.15, 0.2) is 24.7 Å². The first-order valence-electron chi connectivity index (χ1n) is 4.12. The van der Waals surface area contributed by atoms with Gasteiger partial charge in [0.05, 0.1) is 23.4 Å². The zero-order chi connectivity index (χ0) is 10.4. The molecule has 0 unspecified atom stereocenters. The smallest absolute Gasteiger partial charge is 0.294 e. The van der Waals surface area contributed by atoms with Gasteiger partial charge in [-0.15, -0.1) is 0 Å². The first-order valence-corrected chi connectivity index (χ1v) is 4.12. The molecule has 74 valence electrons. The van der Waals surface area contributed by atoms with Crippen molar-refractivity contribution in [1.82, 2.24) is 4.98 Å². The predicted octanol–water partition coefficient (Wildman–Crippen LogP) is 2.00. The number of pyridine rings is 1. The van der Waals surface area contributed by atoms with Crippen LogP contribution in [-0.2, 0) is 4.74 Å². The number of rotatable bonds is 4. The number of hydrogen-bond acceptors (Lipinski definition) is 4. The van der Waals surface area contributed by atoms with Crippen LogP contribution in [0.1, 0.15) is 12.5 Å². The summed E-state index contributed by atoms with van der Waals surface area (Å²) in [6.45, 7) is 2.38. The first kappa shape index (κ1) is 10.2. The molecule has 0 aliphatic carbocycles. The van der Waals surface area contributed by atoms with E-state index >= 15 is 0 Å². The van der Waals surface area contributed by atoms with Crippen LogP contribution in [0.3, 0.4) is 0 Å². The highest BCUT2D eigenvalue weighted by molar-refractivity contribution is 5.58. The van der Waals surface area contributed by atoms with Gasteiger partial charge in [0.2, 0.25) is 0 Å². The van der Waals surface area contributed by atoms with Crippen molar-refractivity contribution >= 4 is 11.8 Å². The summed E-state index contributed by atoms with van der Waals surface area (Å²) in [5.41, 5.74) is 0.460. The fourth-order valence-electron chi connectivity index (χ4n) is 0.908. The van der Waals surface area contributed by atoms with Crippen LogP contribution in [0.2, 0.25) is 0 Å². The lowest BCUT2D eigenvalue weighted by Crippen LogP contribution is -1.92. The van der Waals surface area contributed by atoms with Crippen LogP contribution in [0.5, 0.6) is 0 Å². The molecule has 0 spiro atoms.